The van der Waals surface area contributed by atoms with E-state index >= 15 is 0 Å². The van der Waals surface area contributed by atoms with Crippen molar-refractivity contribution in [1.82, 2.24) is 29.9 Å². The summed E-state index contributed by atoms with van der Waals surface area (Å²) in [5, 5.41) is 2.88. The molecule has 0 aliphatic rings. The molecule has 0 aliphatic carbocycles. The molecule has 9 aromatic rings. The highest BCUT2D eigenvalue weighted by Gasteiger charge is 2.30. The number of carbonyl (C=O) groups excluding carboxylic acids is 4. The van der Waals surface area contributed by atoms with E-state index < -0.39 is 23.9 Å². The predicted octanol–water partition coefficient (Wildman–Crippen LogP) is 9.90. The zero-order valence-electron chi connectivity index (χ0n) is 40.0. The highest BCUT2D eigenvalue weighted by Crippen LogP contribution is 2.34. The highest BCUT2D eigenvalue weighted by atomic mass is 16.5. The van der Waals surface area contributed by atoms with Crippen LogP contribution in [0.2, 0.25) is 0 Å². The maximum Gasteiger partial charge on any atom is 0.341 e. The molecule has 6 N–H and O–H groups in total. The lowest BCUT2D eigenvalue weighted by atomic mass is 10.1. The van der Waals surface area contributed by atoms with Crippen LogP contribution in [-0.2, 0) is 18.9 Å². The van der Waals surface area contributed by atoms with Crippen molar-refractivity contribution in [1.29, 1.82) is 0 Å². The quantitative estimate of drug-likeness (QED) is 0.0630. The number of esters is 4. The number of benzene rings is 2. The van der Waals surface area contributed by atoms with Crippen LogP contribution < -0.4 is 11.5 Å². The molecule has 16 nitrogen and oxygen atoms in total. The van der Waals surface area contributed by atoms with Gasteiger partial charge in [-0.15, -0.1) is 0 Å². The zero-order chi connectivity index (χ0) is 49.2. The van der Waals surface area contributed by atoms with Gasteiger partial charge in [-0.25, -0.2) is 39.1 Å². The van der Waals surface area contributed by atoms with Gasteiger partial charge in [-0.2, -0.15) is 0 Å². The molecule has 68 heavy (non-hydrogen) atoms. The summed E-state index contributed by atoms with van der Waals surface area (Å²) in [4.78, 5) is 82.5. The van der Waals surface area contributed by atoms with Crippen LogP contribution in [0.4, 0.5) is 0 Å². The zero-order valence-corrected chi connectivity index (χ0v) is 40.0. The summed E-state index contributed by atoms with van der Waals surface area (Å²) < 4.78 is 22.1. The van der Waals surface area contributed by atoms with Gasteiger partial charge in [-0.1, -0.05) is 48.5 Å². The molecule has 2 aromatic carbocycles. The number of hydrogen-bond acceptors (Lipinski definition) is 14. The Balaban J connectivity index is 0.000000622. The lowest BCUT2D eigenvalue weighted by Crippen LogP contribution is -2.26. The number of rotatable bonds is 8. The van der Waals surface area contributed by atoms with Gasteiger partial charge in [0.15, 0.2) is 0 Å². The number of nitrogens with one attached hydrogen (secondary N) is 2. The Morgan fingerprint density at radius 3 is 0.750 bits per heavy atom. The smallest absolute Gasteiger partial charge is 0.341 e. The Labute approximate surface area is 391 Å². The van der Waals surface area contributed by atoms with E-state index in [1.165, 1.54) is 0 Å². The van der Waals surface area contributed by atoms with E-state index in [0.717, 1.165) is 21.5 Å². The average Bonchev–Trinajstić information content (AvgIpc) is 3.88. The summed E-state index contributed by atoms with van der Waals surface area (Å²) in [6, 6.07) is 21.9. The summed E-state index contributed by atoms with van der Waals surface area (Å²) >= 11 is 0. The minimum Gasteiger partial charge on any atom is -0.462 e. The fourth-order valence-electron chi connectivity index (χ4n) is 7.49. The number of H-pyrrole nitrogens is 2. The Hall–Kier alpha value is -7.56. The first-order valence-corrected chi connectivity index (χ1v) is 22.4. The standard InChI is InChI=1S/C44H34N6O8.2C4H11N/c1-5-55-41(51)29-30(42(52)56-6-2)38-26-18-14-22-11-12-24-16-20-28(48-36(24)35(22)46-26)40-32(44(54)58-8-4)31(43(53)57-7-3)39(50-40)27-19-15-23-10-9-21-13-17-25(37(29)49-38)45-33(21)34(23)47-27;2*1-4(2,3)5/h9-20,49-50H,5-8H2,1-4H3;2*5H2,1-3H3. The van der Waals surface area contributed by atoms with Crippen LogP contribution >= 0.6 is 0 Å². The van der Waals surface area contributed by atoms with Crippen LogP contribution in [-0.4, -0.2) is 91.3 Å². The minimum atomic E-state index is -0.752. The number of aromatic nitrogens is 6. The number of hydrogen-bond donors (Lipinski definition) is 4. The molecule has 7 aromatic heterocycles. The van der Waals surface area contributed by atoms with Crippen molar-refractivity contribution in [2.24, 2.45) is 11.5 Å². The first kappa shape index (κ1) is 48.4. The minimum absolute atomic E-state index is 0. The molecular formula is C52H56N8O8. The fourth-order valence-corrected chi connectivity index (χ4v) is 7.49. The van der Waals surface area contributed by atoms with Crippen molar-refractivity contribution in [2.75, 3.05) is 26.4 Å². The topological polar surface area (TPSA) is 240 Å². The average molecular weight is 921 g/mol. The Morgan fingerprint density at radius 2 is 0.574 bits per heavy atom. The summed E-state index contributed by atoms with van der Waals surface area (Å²) in [5.41, 5.74) is 14.4. The Kier molecular flexibility index (Phi) is 13.8. The van der Waals surface area contributed by atoms with Gasteiger partial charge in [-0.3, -0.25) is 0 Å². The third-order valence-electron chi connectivity index (χ3n) is 9.98. The third kappa shape index (κ3) is 10.1. The monoisotopic (exact) mass is 920 g/mol. The van der Waals surface area contributed by atoms with Crippen molar-refractivity contribution in [3.05, 3.63) is 95.1 Å². The molecule has 16 heteroatoms. The van der Waals surface area contributed by atoms with E-state index in [4.69, 9.17) is 50.4 Å². The van der Waals surface area contributed by atoms with Crippen molar-refractivity contribution >= 4 is 112 Å². The predicted molar refractivity (Wildman–Crippen MR) is 267 cm³/mol. The first-order valence-electron chi connectivity index (χ1n) is 22.4. The van der Waals surface area contributed by atoms with Crippen LogP contribution in [0.1, 0.15) is 111 Å². The Morgan fingerprint density at radius 1 is 0.397 bits per heavy atom. The number of nitrogens with zero attached hydrogens (tertiary/aromatic N) is 4. The molecule has 0 atom stereocenters. The second-order valence-electron chi connectivity index (χ2n) is 18.1. The van der Waals surface area contributed by atoms with Gasteiger partial charge >= 0.3 is 23.9 Å². The molecule has 12 bridgehead atoms. The van der Waals surface area contributed by atoms with Gasteiger partial charge < -0.3 is 40.4 Å². The molecule has 0 saturated heterocycles. The SMILES string of the molecule is CC(C)(C)N.CC(C)(C)N.CCOC(=O)c1c(C(=O)OCC)c2[nH]c1c1ccc3ccc4ccc(nc4c3n1)c1[nH]c(c(C(=O)OCC)c1C(=O)OCC)c1ccc3ccc4ccc2nc4c3n1. The molecule has 0 fully saturated rings. The van der Waals surface area contributed by atoms with E-state index in [1.807, 2.05) is 90.1 Å². The van der Waals surface area contributed by atoms with Gasteiger partial charge in [-0.05, 0) is 93.5 Å². The number of nitrogens with two attached hydrogens (primary N) is 2. The molecule has 0 unspecified atom stereocenters. The molecule has 0 amide bonds. The second kappa shape index (κ2) is 19.3. The van der Waals surface area contributed by atoms with E-state index in [9.17, 15) is 19.2 Å². The van der Waals surface area contributed by atoms with Crippen LogP contribution in [0.3, 0.4) is 0 Å². The molecule has 7 heterocycles. The molecular weight excluding hydrogens is 865 g/mol. The van der Waals surface area contributed by atoms with Crippen LogP contribution in [0.15, 0.2) is 72.8 Å². The molecule has 352 valence electrons. The van der Waals surface area contributed by atoms with Gasteiger partial charge in [0.2, 0.25) is 0 Å². The molecule has 0 spiro atoms. The number of pyridine rings is 4. The maximum atomic E-state index is 13.9. The van der Waals surface area contributed by atoms with Gasteiger partial charge in [0.1, 0.15) is 22.3 Å². The molecule has 0 radical (unpaired) electrons. The van der Waals surface area contributed by atoms with Crippen molar-refractivity contribution < 1.29 is 38.1 Å². The number of aromatic amines is 2. The van der Waals surface area contributed by atoms with E-state index in [1.54, 1.807) is 52.0 Å². The molecule has 9 rings (SSSR count). The van der Waals surface area contributed by atoms with Crippen LogP contribution in [0.5, 0.6) is 0 Å². The lowest BCUT2D eigenvalue weighted by Gasteiger charge is -2.07. The highest BCUT2D eigenvalue weighted by molar-refractivity contribution is 6.20. The third-order valence-corrected chi connectivity index (χ3v) is 9.98. The maximum absolute atomic E-state index is 13.9. The normalized spacial score (nSPS) is 11.7. The fraction of sp³-hybridized carbons (Fsp3) is 0.308. The Bertz CT molecular complexity index is 3040. The number of ether oxygens (including phenoxy) is 4. The largest absolute Gasteiger partial charge is 0.462 e. The van der Waals surface area contributed by atoms with Crippen molar-refractivity contribution in [2.45, 2.75) is 80.3 Å². The number of carbonyl (C=O) groups is 4. The van der Waals surface area contributed by atoms with E-state index in [-0.39, 0.29) is 81.8 Å². The van der Waals surface area contributed by atoms with Gasteiger partial charge in [0, 0.05) is 32.6 Å². The van der Waals surface area contributed by atoms with E-state index in [2.05, 4.69) is 9.97 Å². The van der Waals surface area contributed by atoms with Crippen molar-refractivity contribution in [3.8, 4) is 0 Å². The summed E-state index contributed by atoms with van der Waals surface area (Å²) in [6.07, 6.45) is 0. The second-order valence-corrected chi connectivity index (χ2v) is 18.1. The van der Waals surface area contributed by atoms with Crippen LogP contribution in [0.25, 0.3) is 87.7 Å². The number of fused-ring (bicyclic) bond motifs is 12. The van der Waals surface area contributed by atoms with Crippen LogP contribution in [0, 0.1) is 0 Å². The van der Waals surface area contributed by atoms with Gasteiger partial charge in [0.05, 0.1) is 92.6 Å². The summed E-state index contributed by atoms with van der Waals surface area (Å²) in [6.45, 7) is 18.7. The van der Waals surface area contributed by atoms with Crippen molar-refractivity contribution in [3.63, 3.8) is 0 Å². The van der Waals surface area contributed by atoms with Gasteiger partial charge in [0.25, 0.3) is 0 Å². The first-order chi connectivity index (χ1) is 32.2. The molecule has 0 aliphatic heterocycles. The lowest BCUT2D eigenvalue weighted by molar-refractivity contribution is 0.0483. The summed E-state index contributed by atoms with van der Waals surface area (Å²) in [7, 11) is 0. The summed E-state index contributed by atoms with van der Waals surface area (Å²) in [5.74, 6) is -3.01. The molecule has 0 saturated carbocycles. The van der Waals surface area contributed by atoms with E-state index in [0.29, 0.717) is 44.1 Å².